The third-order valence-electron chi connectivity index (χ3n) is 3.40. The van der Waals surface area contributed by atoms with E-state index in [-0.39, 0.29) is 18.2 Å². The van der Waals surface area contributed by atoms with Crippen LogP contribution in [0.3, 0.4) is 0 Å². The van der Waals surface area contributed by atoms with Crippen LogP contribution in [0, 0.1) is 5.41 Å². The van der Waals surface area contributed by atoms with E-state index in [2.05, 4.69) is 4.90 Å². The zero-order chi connectivity index (χ0) is 11.6. The van der Waals surface area contributed by atoms with Crippen molar-refractivity contribution in [3.63, 3.8) is 0 Å². The lowest BCUT2D eigenvalue weighted by atomic mass is 9.75. The Morgan fingerprint density at radius 2 is 2.27 bits per heavy atom. The monoisotopic (exact) mass is 213 g/mol. The first-order valence-corrected chi connectivity index (χ1v) is 5.30. The van der Waals surface area contributed by atoms with Gasteiger partial charge < -0.3 is 10.0 Å². The number of piperidine rings is 1. The van der Waals surface area contributed by atoms with Crippen LogP contribution in [0.1, 0.15) is 33.1 Å². The van der Waals surface area contributed by atoms with Gasteiger partial charge in [0.1, 0.15) is 5.78 Å². The minimum absolute atomic E-state index is 0.0739. The van der Waals surface area contributed by atoms with E-state index in [9.17, 15) is 9.59 Å². The molecule has 0 aromatic heterocycles. The molecule has 0 amide bonds. The number of rotatable bonds is 3. The molecule has 0 bridgehead atoms. The van der Waals surface area contributed by atoms with Gasteiger partial charge in [0.25, 0.3) is 0 Å². The molecule has 0 radical (unpaired) electrons. The largest absolute Gasteiger partial charge is 0.481 e. The molecule has 0 aliphatic carbocycles. The van der Waals surface area contributed by atoms with Crippen molar-refractivity contribution in [2.75, 3.05) is 13.6 Å². The first-order chi connectivity index (χ1) is 6.85. The van der Waals surface area contributed by atoms with Crippen LogP contribution >= 0.6 is 0 Å². The molecule has 4 heteroatoms. The van der Waals surface area contributed by atoms with Gasteiger partial charge in [-0.25, -0.2) is 0 Å². The molecule has 1 N–H and O–H groups in total. The number of carboxylic acids is 1. The molecule has 1 aliphatic rings. The predicted molar refractivity (Wildman–Crippen MR) is 56.7 cm³/mol. The zero-order valence-electron chi connectivity index (χ0n) is 9.62. The fraction of sp³-hybridized carbons (Fsp3) is 0.818. The minimum atomic E-state index is -0.828. The van der Waals surface area contributed by atoms with E-state index in [0.29, 0.717) is 19.4 Å². The SMILES string of the molecule is C[C@@H]1CC(=O)[C@](C)(CCC(=O)O)CN1C. The summed E-state index contributed by atoms with van der Waals surface area (Å²) < 4.78 is 0. The van der Waals surface area contributed by atoms with Crippen molar-refractivity contribution in [2.45, 2.75) is 39.2 Å². The van der Waals surface area contributed by atoms with Crippen molar-refractivity contribution in [1.82, 2.24) is 4.90 Å². The number of nitrogens with zero attached hydrogens (tertiary/aromatic N) is 1. The summed E-state index contributed by atoms with van der Waals surface area (Å²) in [6, 6.07) is 0.274. The summed E-state index contributed by atoms with van der Waals surface area (Å²) in [6.45, 7) is 4.57. The maximum Gasteiger partial charge on any atom is 0.303 e. The highest BCUT2D eigenvalue weighted by molar-refractivity contribution is 5.86. The lowest BCUT2D eigenvalue weighted by Crippen LogP contribution is -2.50. The van der Waals surface area contributed by atoms with Crippen molar-refractivity contribution in [1.29, 1.82) is 0 Å². The summed E-state index contributed by atoms with van der Waals surface area (Å²) in [5.41, 5.74) is -0.473. The van der Waals surface area contributed by atoms with Crippen molar-refractivity contribution in [3.8, 4) is 0 Å². The van der Waals surface area contributed by atoms with Gasteiger partial charge in [-0.1, -0.05) is 6.92 Å². The lowest BCUT2D eigenvalue weighted by molar-refractivity contribution is -0.140. The Morgan fingerprint density at radius 3 is 2.80 bits per heavy atom. The number of carbonyl (C=O) groups is 2. The maximum absolute atomic E-state index is 11.9. The van der Waals surface area contributed by atoms with E-state index in [1.165, 1.54) is 0 Å². The number of carbonyl (C=O) groups excluding carboxylic acids is 1. The van der Waals surface area contributed by atoms with Crippen LogP contribution in [0.25, 0.3) is 0 Å². The molecular formula is C11H19NO3. The Balaban J connectivity index is 2.66. The first kappa shape index (κ1) is 12.2. The molecule has 15 heavy (non-hydrogen) atoms. The van der Waals surface area contributed by atoms with Crippen LogP contribution in [0.2, 0.25) is 0 Å². The molecule has 2 atom stereocenters. The van der Waals surface area contributed by atoms with Gasteiger partial charge in [0, 0.05) is 30.8 Å². The molecule has 86 valence electrons. The maximum atomic E-state index is 11.9. The van der Waals surface area contributed by atoms with Gasteiger partial charge in [-0.15, -0.1) is 0 Å². The summed E-state index contributed by atoms with van der Waals surface area (Å²) in [7, 11) is 1.98. The third kappa shape index (κ3) is 2.78. The van der Waals surface area contributed by atoms with E-state index in [1.807, 2.05) is 20.9 Å². The number of hydrogen-bond acceptors (Lipinski definition) is 3. The van der Waals surface area contributed by atoms with Crippen LogP contribution in [-0.4, -0.2) is 41.4 Å². The average Bonchev–Trinajstić information content (AvgIpc) is 2.12. The Labute approximate surface area is 90.3 Å². The number of ketones is 1. The average molecular weight is 213 g/mol. The topological polar surface area (TPSA) is 57.6 Å². The number of carboxylic acid groups (broad SMARTS) is 1. The van der Waals surface area contributed by atoms with Gasteiger partial charge in [-0.3, -0.25) is 9.59 Å². The number of aliphatic carboxylic acids is 1. The van der Waals surface area contributed by atoms with E-state index >= 15 is 0 Å². The highest BCUT2D eigenvalue weighted by Gasteiger charge is 2.40. The second-order valence-electron chi connectivity index (χ2n) is 4.85. The number of Topliss-reactive ketones (excluding diaryl/α,β-unsaturated/α-hetero) is 1. The first-order valence-electron chi connectivity index (χ1n) is 5.30. The molecule has 1 saturated heterocycles. The Kier molecular flexibility index (Phi) is 3.50. The van der Waals surface area contributed by atoms with Crippen LogP contribution in [0.15, 0.2) is 0 Å². The van der Waals surface area contributed by atoms with Crippen molar-refractivity contribution in [3.05, 3.63) is 0 Å². The van der Waals surface area contributed by atoms with E-state index in [4.69, 9.17) is 5.11 Å². The lowest BCUT2D eigenvalue weighted by Gasteiger charge is -2.41. The summed E-state index contributed by atoms with van der Waals surface area (Å²) in [5.74, 6) is -0.625. The van der Waals surface area contributed by atoms with Gasteiger partial charge in [-0.2, -0.15) is 0 Å². The molecule has 1 fully saturated rings. The molecule has 1 aliphatic heterocycles. The summed E-state index contributed by atoms with van der Waals surface area (Å²) in [4.78, 5) is 24.5. The quantitative estimate of drug-likeness (QED) is 0.764. The van der Waals surface area contributed by atoms with Crippen molar-refractivity contribution < 1.29 is 14.7 Å². The van der Waals surface area contributed by atoms with Crippen LogP contribution < -0.4 is 0 Å². The van der Waals surface area contributed by atoms with Crippen molar-refractivity contribution in [2.24, 2.45) is 5.41 Å². The second kappa shape index (κ2) is 4.31. The molecular weight excluding hydrogens is 194 g/mol. The van der Waals surface area contributed by atoms with Crippen LogP contribution in [0.5, 0.6) is 0 Å². The summed E-state index contributed by atoms with van der Waals surface area (Å²) in [5, 5.41) is 8.64. The molecule has 4 nitrogen and oxygen atoms in total. The Hall–Kier alpha value is -0.900. The van der Waals surface area contributed by atoms with Gasteiger partial charge in [0.05, 0.1) is 0 Å². The molecule has 0 aromatic carbocycles. The normalized spacial score (nSPS) is 33.0. The Bertz CT molecular complexity index is 277. The molecule has 0 spiro atoms. The second-order valence-corrected chi connectivity index (χ2v) is 4.85. The van der Waals surface area contributed by atoms with E-state index in [0.717, 1.165) is 0 Å². The van der Waals surface area contributed by atoms with Gasteiger partial charge in [0.15, 0.2) is 0 Å². The van der Waals surface area contributed by atoms with Crippen LogP contribution in [-0.2, 0) is 9.59 Å². The minimum Gasteiger partial charge on any atom is -0.481 e. The van der Waals surface area contributed by atoms with E-state index in [1.54, 1.807) is 0 Å². The number of likely N-dealkylation sites (tertiary alicyclic amines) is 1. The number of hydrogen-bond donors (Lipinski definition) is 1. The zero-order valence-corrected chi connectivity index (χ0v) is 9.62. The third-order valence-corrected chi connectivity index (χ3v) is 3.40. The highest BCUT2D eigenvalue weighted by Crippen LogP contribution is 2.32. The summed E-state index contributed by atoms with van der Waals surface area (Å²) in [6.07, 6.45) is 1.05. The predicted octanol–water partition coefficient (Wildman–Crippen LogP) is 1.15. The van der Waals surface area contributed by atoms with Gasteiger partial charge >= 0.3 is 5.97 Å². The molecule has 1 heterocycles. The highest BCUT2D eigenvalue weighted by atomic mass is 16.4. The summed E-state index contributed by atoms with van der Waals surface area (Å²) >= 11 is 0. The Morgan fingerprint density at radius 1 is 1.67 bits per heavy atom. The smallest absolute Gasteiger partial charge is 0.303 e. The molecule has 0 saturated carbocycles. The fourth-order valence-electron chi connectivity index (χ4n) is 2.07. The van der Waals surface area contributed by atoms with Crippen LogP contribution in [0.4, 0.5) is 0 Å². The standard InChI is InChI=1S/C11H19NO3/c1-8-6-9(13)11(2,7-12(8)3)5-4-10(14)15/h8H,4-7H2,1-3H3,(H,14,15)/t8-,11-/m1/s1. The molecule has 0 unspecified atom stereocenters. The van der Waals surface area contributed by atoms with E-state index < -0.39 is 11.4 Å². The molecule has 0 aromatic rings. The van der Waals surface area contributed by atoms with Gasteiger partial charge in [0.2, 0.25) is 0 Å². The van der Waals surface area contributed by atoms with Crippen molar-refractivity contribution >= 4 is 11.8 Å². The molecule has 1 rings (SSSR count). The fourth-order valence-corrected chi connectivity index (χ4v) is 2.07. The van der Waals surface area contributed by atoms with Gasteiger partial charge in [-0.05, 0) is 20.4 Å².